The minimum atomic E-state index is 1.12. The van der Waals surface area contributed by atoms with Gasteiger partial charge in [-0.05, 0) is 105 Å². The van der Waals surface area contributed by atoms with Crippen molar-refractivity contribution in [2.75, 3.05) is 4.90 Å². The van der Waals surface area contributed by atoms with E-state index in [-0.39, 0.29) is 0 Å². The molecule has 8 aromatic carbocycles. The van der Waals surface area contributed by atoms with Gasteiger partial charge in [0.2, 0.25) is 0 Å². The third-order valence-electron chi connectivity index (χ3n) is 8.59. The van der Waals surface area contributed by atoms with Gasteiger partial charge >= 0.3 is 0 Å². The van der Waals surface area contributed by atoms with Crippen molar-refractivity contribution < 1.29 is 0 Å². The zero-order valence-corrected chi connectivity index (χ0v) is 24.6. The van der Waals surface area contributed by atoms with Crippen molar-refractivity contribution in [2.24, 2.45) is 0 Å². The molecule has 8 rings (SSSR count). The van der Waals surface area contributed by atoms with Gasteiger partial charge in [-0.2, -0.15) is 0 Å². The lowest BCUT2D eigenvalue weighted by atomic mass is 9.94. The minimum Gasteiger partial charge on any atom is -0.309 e. The number of hydrogen-bond acceptors (Lipinski definition) is 1. The van der Waals surface area contributed by atoms with E-state index in [1.165, 1.54) is 65.5 Å². The fourth-order valence-electron chi connectivity index (χ4n) is 6.31. The Morgan fingerprint density at radius 2 is 0.795 bits per heavy atom. The molecule has 0 saturated carbocycles. The maximum absolute atomic E-state index is 2.43. The van der Waals surface area contributed by atoms with E-state index in [4.69, 9.17) is 0 Å². The Morgan fingerprint density at radius 1 is 0.386 bits per heavy atom. The quantitative estimate of drug-likeness (QED) is 0.149. The molecule has 0 aliphatic carbocycles. The molecular weight excluding hydrogens is 530 g/mol. The van der Waals surface area contributed by atoms with Gasteiger partial charge in [-0.15, -0.1) is 0 Å². The molecule has 1 heteroatoms. The van der Waals surface area contributed by atoms with Gasteiger partial charge in [-0.1, -0.05) is 121 Å². The Kier molecular flexibility index (Phi) is 6.43. The van der Waals surface area contributed by atoms with Crippen LogP contribution in [0.4, 0.5) is 17.1 Å². The van der Waals surface area contributed by atoms with Gasteiger partial charge in [0.15, 0.2) is 0 Å². The SMILES string of the molecule is Cc1ccc(/C=C/c2ccc(N(c3ccccc3)c3c4cc5ccccc5cc4cc4cc5ccccc5cc34)cc2)cc1. The topological polar surface area (TPSA) is 3.24 Å². The average Bonchev–Trinajstić information content (AvgIpc) is 3.07. The number of rotatable bonds is 5. The highest BCUT2D eigenvalue weighted by Gasteiger charge is 2.20. The summed E-state index contributed by atoms with van der Waals surface area (Å²) in [5.41, 5.74) is 7.09. The van der Waals surface area contributed by atoms with E-state index in [1.807, 2.05) is 0 Å². The van der Waals surface area contributed by atoms with Crippen LogP contribution in [-0.4, -0.2) is 0 Å². The zero-order chi connectivity index (χ0) is 29.5. The monoisotopic (exact) mass is 561 g/mol. The molecule has 0 aromatic heterocycles. The highest BCUT2D eigenvalue weighted by atomic mass is 15.1. The van der Waals surface area contributed by atoms with E-state index in [2.05, 4.69) is 182 Å². The molecule has 0 spiro atoms. The number of fused-ring (bicyclic) bond motifs is 4. The van der Waals surface area contributed by atoms with Crippen molar-refractivity contribution in [1.82, 2.24) is 0 Å². The first-order valence-corrected chi connectivity index (χ1v) is 15.2. The van der Waals surface area contributed by atoms with Gasteiger partial charge in [-0.3, -0.25) is 0 Å². The molecule has 0 aliphatic rings. The standard InChI is InChI=1S/C43H31N/c1-30-15-17-31(18-16-30)19-20-32-21-23-40(24-22-32)44(39-13-3-2-4-14-39)43-41-28-35-11-7-5-9-33(35)25-37(41)27-38-26-34-10-6-8-12-36(34)29-42(38)43/h2-29H,1H3/b20-19+. The van der Waals surface area contributed by atoms with Gasteiger partial charge < -0.3 is 4.90 Å². The fraction of sp³-hybridized carbons (Fsp3) is 0.0233. The number of benzene rings is 8. The van der Waals surface area contributed by atoms with Crippen molar-refractivity contribution in [2.45, 2.75) is 6.92 Å². The Bertz CT molecular complexity index is 2220. The minimum absolute atomic E-state index is 1.12. The highest BCUT2D eigenvalue weighted by Crippen LogP contribution is 2.45. The fourth-order valence-corrected chi connectivity index (χ4v) is 6.31. The molecule has 0 amide bonds. The normalized spacial score (nSPS) is 11.7. The van der Waals surface area contributed by atoms with Gasteiger partial charge in [0.05, 0.1) is 5.69 Å². The lowest BCUT2D eigenvalue weighted by molar-refractivity contribution is 1.31. The van der Waals surface area contributed by atoms with E-state index >= 15 is 0 Å². The summed E-state index contributed by atoms with van der Waals surface area (Å²) in [6.07, 6.45) is 4.37. The molecule has 208 valence electrons. The summed E-state index contributed by atoms with van der Waals surface area (Å²) in [5.74, 6) is 0. The molecule has 0 heterocycles. The van der Waals surface area contributed by atoms with Gasteiger partial charge in [0.1, 0.15) is 0 Å². The summed E-state index contributed by atoms with van der Waals surface area (Å²) in [7, 11) is 0. The summed E-state index contributed by atoms with van der Waals surface area (Å²) in [6, 6.07) is 57.4. The molecule has 0 unspecified atom stereocenters. The maximum Gasteiger partial charge on any atom is 0.0618 e. The Hall–Kier alpha value is -5.66. The summed E-state index contributed by atoms with van der Waals surface area (Å²) in [6.45, 7) is 2.12. The second kappa shape index (κ2) is 10.9. The van der Waals surface area contributed by atoms with Crippen LogP contribution in [0.1, 0.15) is 16.7 Å². The van der Waals surface area contributed by atoms with Crippen LogP contribution in [0.15, 0.2) is 158 Å². The number of anilines is 3. The number of nitrogens with zero attached hydrogens (tertiary/aromatic N) is 1. The smallest absolute Gasteiger partial charge is 0.0618 e. The van der Waals surface area contributed by atoms with Crippen molar-refractivity contribution in [3.05, 3.63) is 174 Å². The first-order chi connectivity index (χ1) is 21.7. The predicted molar refractivity (Wildman–Crippen MR) is 191 cm³/mol. The Balaban J connectivity index is 1.37. The van der Waals surface area contributed by atoms with Crippen LogP contribution >= 0.6 is 0 Å². The van der Waals surface area contributed by atoms with E-state index < -0.39 is 0 Å². The summed E-state index contributed by atoms with van der Waals surface area (Å²) in [5, 5.41) is 9.93. The average molecular weight is 562 g/mol. The predicted octanol–water partition coefficient (Wildman–Crippen LogP) is 12.2. The molecule has 1 nitrogen and oxygen atoms in total. The molecule has 0 fully saturated rings. The van der Waals surface area contributed by atoms with E-state index in [0.29, 0.717) is 0 Å². The molecule has 0 atom stereocenters. The first kappa shape index (κ1) is 26.0. The molecule has 8 aromatic rings. The molecule has 44 heavy (non-hydrogen) atoms. The van der Waals surface area contributed by atoms with Crippen LogP contribution in [-0.2, 0) is 0 Å². The van der Waals surface area contributed by atoms with Gasteiger partial charge in [0, 0.05) is 22.1 Å². The zero-order valence-electron chi connectivity index (χ0n) is 24.6. The molecule has 0 aliphatic heterocycles. The van der Waals surface area contributed by atoms with E-state index in [9.17, 15) is 0 Å². The Morgan fingerprint density at radius 3 is 1.32 bits per heavy atom. The van der Waals surface area contributed by atoms with E-state index in [0.717, 1.165) is 11.4 Å². The molecule has 0 radical (unpaired) electrons. The first-order valence-electron chi connectivity index (χ1n) is 15.2. The van der Waals surface area contributed by atoms with Crippen LogP contribution in [0.5, 0.6) is 0 Å². The van der Waals surface area contributed by atoms with E-state index in [1.54, 1.807) is 0 Å². The second-order valence-corrected chi connectivity index (χ2v) is 11.6. The van der Waals surface area contributed by atoms with Crippen LogP contribution in [0, 0.1) is 6.92 Å². The van der Waals surface area contributed by atoms with Crippen molar-refractivity contribution >= 4 is 72.3 Å². The summed E-state index contributed by atoms with van der Waals surface area (Å²) < 4.78 is 0. The van der Waals surface area contributed by atoms with Crippen LogP contribution < -0.4 is 4.90 Å². The van der Waals surface area contributed by atoms with Crippen LogP contribution in [0.25, 0.3) is 55.2 Å². The molecule has 0 N–H and O–H groups in total. The second-order valence-electron chi connectivity index (χ2n) is 11.6. The van der Waals surface area contributed by atoms with Gasteiger partial charge in [-0.25, -0.2) is 0 Å². The third kappa shape index (κ3) is 4.79. The molecule has 0 saturated heterocycles. The summed E-state index contributed by atoms with van der Waals surface area (Å²) in [4.78, 5) is 2.43. The van der Waals surface area contributed by atoms with Gasteiger partial charge in [0.25, 0.3) is 0 Å². The summed E-state index contributed by atoms with van der Waals surface area (Å²) >= 11 is 0. The largest absolute Gasteiger partial charge is 0.309 e. The number of hydrogen-bond donors (Lipinski definition) is 0. The lowest BCUT2D eigenvalue weighted by Crippen LogP contribution is -2.11. The van der Waals surface area contributed by atoms with Crippen LogP contribution in [0.3, 0.4) is 0 Å². The number of aryl methyl sites for hydroxylation is 1. The molecule has 0 bridgehead atoms. The maximum atomic E-state index is 2.43. The highest BCUT2D eigenvalue weighted by molar-refractivity contribution is 6.19. The van der Waals surface area contributed by atoms with Crippen LogP contribution in [0.2, 0.25) is 0 Å². The molecular formula is C43H31N. The Labute approximate surface area is 257 Å². The van der Waals surface area contributed by atoms with Crippen molar-refractivity contribution in [3.63, 3.8) is 0 Å². The lowest BCUT2D eigenvalue weighted by Gasteiger charge is -2.29. The number of para-hydroxylation sites is 1. The van der Waals surface area contributed by atoms with Crippen molar-refractivity contribution in [1.29, 1.82) is 0 Å². The van der Waals surface area contributed by atoms with Crippen molar-refractivity contribution in [3.8, 4) is 0 Å². The third-order valence-corrected chi connectivity index (χ3v) is 8.59.